The summed E-state index contributed by atoms with van der Waals surface area (Å²) in [7, 11) is 1.62. The summed E-state index contributed by atoms with van der Waals surface area (Å²) in [5, 5.41) is 3.25. The van der Waals surface area contributed by atoms with Crippen LogP contribution in [0.2, 0.25) is 5.02 Å². The van der Waals surface area contributed by atoms with Crippen LogP contribution in [0.5, 0.6) is 0 Å². The highest BCUT2D eigenvalue weighted by molar-refractivity contribution is 6.31. The van der Waals surface area contributed by atoms with Gasteiger partial charge in [-0.2, -0.15) is 0 Å². The molecule has 0 saturated carbocycles. The second-order valence-corrected chi connectivity index (χ2v) is 4.07. The van der Waals surface area contributed by atoms with Gasteiger partial charge in [0.1, 0.15) is 0 Å². The van der Waals surface area contributed by atoms with Crippen LogP contribution in [0.3, 0.4) is 0 Å². The van der Waals surface area contributed by atoms with Gasteiger partial charge in [0.05, 0.1) is 0 Å². The molecule has 2 aromatic rings. The minimum absolute atomic E-state index is 0.111. The average Bonchev–Trinajstić information content (AvgIpc) is 2.39. The zero-order chi connectivity index (χ0) is 12.3. The molecule has 2 nitrogen and oxygen atoms in total. The van der Waals surface area contributed by atoms with Gasteiger partial charge in [0.25, 0.3) is 5.91 Å². The highest BCUT2D eigenvalue weighted by Gasteiger charge is 2.11. The fraction of sp³-hybridized carbons (Fsp3) is 0.0714. The summed E-state index contributed by atoms with van der Waals surface area (Å²) in [5.74, 6) is -0.111. The first kappa shape index (κ1) is 11.7. The number of nitrogens with one attached hydrogen (secondary N) is 1. The lowest BCUT2D eigenvalue weighted by Crippen LogP contribution is -2.18. The summed E-state index contributed by atoms with van der Waals surface area (Å²) in [6.45, 7) is 0. The number of carbonyl (C=O) groups is 1. The van der Waals surface area contributed by atoms with Crippen LogP contribution in [-0.4, -0.2) is 13.0 Å². The molecular weight excluding hydrogens is 234 g/mol. The smallest absolute Gasteiger partial charge is 0.251 e. The van der Waals surface area contributed by atoms with Gasteiger partial charge in [0.2, 0.25) is 0 Å². The van der Waals surface area contributed by atoms with Crippen LogP contribution in [0, 0.1) is 0 Å². The normalized spacial score (nSPS) is 10.0. The molecular formula is C14H12ClNO. The minimum Gasteiger partial charge on any atom is -0.355 e. The Balaban J connectivity index is 2.59. The zero-order valence-electron chi connectivity index (χ0n) is 9.41. The van der Waals surface area contributed by atoms with Crippen LogP contribution in [0.1, 0.15) is 10.4 Å². The molecule has 0 heterocycles. The van der Waals surface area contributed by atoms with Gasteiger partial charge in [0.15, 0.2) is 0 Å². The van der Waals surface area contributed by atoms with E-state index in [4.69, 9.17) is 11.6 Å². The van der Waals surface area contributed by atoms with Crippen molar-refractivity contribution < 1.29 is 4.79 Å². The first-order valence-electron chi connectivity index (χ1n) is 5.29. The number of carbonyl (C=O) groups excluding carboxylic acids is 1. The molecule has 2 aromatic carbocycles. The van der Waals surface area contributed by atoms with Crippen molar-refractivity contribution in [3.05, 3.63) is 59.1 Å². The summed E-state index contributed by atoms with van der Waals surface area (Å²) in [6, 6.07) is 15.0. The average molecular weight is 246 g/mol. The maximum atomic E-state index is 11.8. The first-order valence-corrected chi connectivity index (χ1v) is 5.67. The number of benzene rings is 2. The van der Waals surface area contributed by atoms with Gasteiger partial charge in [-0.1, -0.05) is 41.9 Å². The Labute approximate surface area is 105 Å². The third kappa shape index (κ3) is 2.48. The van der Waals surface area contributed by atoms with Gasteiger partial charge in [-0.15, -0.1) is 0 Å². The van der Waals surface area contributed by atoms with Gasteiger partial charge in [-0.25, -0.2) is 0 Å². The Bertz CT molecular complexity index is 537. The molecule has 0 atom stereocenters. The largest absolute Gasteiger partial charge is 0.355 e. The Morgan fingerprint density at radius 3 is 2.47 bits per heavy atom. The molecule has 3 heteroatoms. The lowest BCUT2D eigenvalue weighted by molar-refractivity contribution is 0.0964. The summed E-state index contributed by atoms with van der Waals surface area (Å²) in [5.41, 5.74) is 2.45. The van der Waals surface area contributed by atoms with Gasteiger partial charge >= 0.3 is 0 Å². The van der Waals surface area contributed by atoms with E-state index >= 15 is 0 Å². The molecule has 0 bridgehead atoms. The molecule has 0 fully saturated rings. The standard InChI is InChI=1S/C14H12ClNO/c1-16-14(17)12-8-7-11(15)9-13(12)10-5-3-2-4-6-10/h2-9H,1H3,(H,16,17). The highest BCUT2D eigenvalue weighted by Crippen LogP contribution is 2.26. The van der Waals surface area contributed by atoms with E-state index < -0.39 is 0 Å². The van der Waals surface area contributed by atoms with Crippen LogP contribution in [0.25, 0.3) is 11.1 Å². The van der Waals surface area contributed by atoms with Gasteiger partial charge in [-0.3, -0.25) is 4.79 Å². The molecule has 0 aliphatic carbocycles. The van der Waals surface area contributed by atoms with Crippen LogP contribution in [0.15, 0.2) is 48.5 Å². The van der Waals surface area contributed by atoms with Crippen molar-refractivity contribution in [1.82, 2.24) is 5.32 Å². The van der Waals surface area contributed by atoms with E-state index in [1.807, 2.05) is 36.4 Å². The number of hydrogen-bond donors (Lipinski definition) is 1. The molecule has 1 N–H and O–H groups in total. The maximum Gasteiger partial charge on any atom is 0.251 e. The number of halogens is 1. The maximum absolute atomic E-state index is 11.8. The monoisotopic (exact) mass is 245 g/mol. The molecule has 0 unspecified atom stereocenters. The number of hydrogen-bond acceptors (Lipinski definition) is 1. The van der Waals surface area contributed by atoms with Crippen LogP contribution >= 0.6 is 11.6 Å². The first-order chi connectivity index (χ1) is 8.22. The Morgan fingerprint density at radius 2 is 1.82 bits per heavy atom. The molecule has 86 valence electrons. The SMILES string of the molecule is CNC(=O)c1ccc(Cl)cc1-c1ccccc1. The predicted molar refractivity (Wildman–Crippen MR) is 70.3 cm³/mol. The quantitative estimate of drug-likeness (QED) is 0.864. The van der Waals surface area contributed by atoms with Crippen molar-refractivity contribution in [1.29, 1.82) is 0 Å². The summed E-state index contributed by atoms with van der Waals surface area (Å²) in [4.78, 5) is 11.8. The highest BCUT2D eigenvalue weighted by atomic mass is 35.5. The van der Waals surface area contributed by atoms with Crippen molar-refractivity contribution in [3.8, 4) is 11.1 Å². The molecule has 0 radical (unpaired) electrons. The number of amides is 1. The van der Waals surface area contributed by atoms with Crippen LogP contribution < -0.4 is 5.32 Å². The summed E-state index contributed by atoms with van der Waals surface area (Å²) < 4.78 is 0. The fourth-order valence-electron chi connectivity index (χ4n) is 1.71. The minimum atomic E-state index is -0.111. The van der Waals surface area contributed by atoms with E-state index in [9.17, 15) is 4.79 Å². The molecule has 0 spiro atoms. The van der Waals surface area contributed by atoms with E-state index in [0.29, 0.717) is 10.6 Å². The number of rotatable bonds is 2. The van der Waals surface area contributed by atoms with Crippen molar-refractivity contribution in [2.24, 2.45) is 0 Å². The Morgan fingerprint density at radius 1 is 1.12 bits per heavy atom. The Kier molecular flexibility index (Phi) is 3.45. The van der Waals surface area contributed by atoms with Crippen LogP contribution in [0.4, 0.5) is 0 Å². The summed E-state index contributed by atoms with van der Waals surface area (Å²) in [6.07, 6.45) is 0. The predicted octanol–water partition coefficient (Wildman–Crippen LogP) is 3.37. The van der Waals surface area contributed by atoms with E-state index in [1.54, 1.807) is 19.2 Å². The Hall–Kier alpha value is -1.80. The summed E-state index contributed by atoms with van der Waals surface area (Å²) >= 11 is 5.98. The molecule has 2 rings (SSSR count). The van der Waals surface area contributed by atoms with Crippen molar-refractivity contribution >= 4 is 17.5 Å². The topological polar surface area (TPSA) is 29.1 Å². The van der Waals surface area contributed by atoms with Gasteiger partial charge in [-0.05, 0) is 29.3 Å². The molecule has 0 saturated heterocycles. The van der Waals surface area contributed by atoms with Crippen molar-refractivity contribution in [3.63, 3.8) is 0 Å². The second kappa shape index (κ2) is 5.02. The third-order valence-electron chi connectivity index (χ3n) is 2.54. The molecule has 1 amide bonds. The fourth-order valence-corrected chi connectivity index (χ4v) is 1.88. The van der Waals surface area contributed by atoms with Gasteiger partial charge < -0.3 is 5.32 Å². The third-order valence-corrected chi connectivity index (χ3v) is 2.77. The van der Waals surface area contributed by atoms with E-state index in [2.05, 4.69) is 5.32 Å². The van der Waals surface area contributed by atoms with E-state index in [-0.39, 0.29) is 5.91 Å². The van der Waals surface area contributed by atoms with Crippen molar-refractivity contribution in [2.75, 3.05) is 7.05 Å². The van der Waals surface area contributed by atoms with Gasteiger partial charge in [0, 0.05) is 17.6 Å². The molecule has 17 heavy (non-hydrogen) atoms. The lowest BCUT2D eigenvalue weighted by Gasteiger charge is -2.09. The van der Waals surface area contributed by atoms with Crippen molar-refractivity contribution in [2.45, 2.75) is 0 Å². The van der Waals surface area contributed by atoms with E-state index in [1.165, 1.54) is 0 Å². The van der Waals surface area contributed by atoms with E-state index in [0.717, 1.165) is 11.1 Å². The second-order valence-electron chi connectivity index (χ2n) is 3.64. The molecule has 0 aromatic heterocycles. The van der Waals surface area contributed by atoms with Crippen LogP contribution in [-0.2, 0) is 0 Å². The lowest BCUT2D eigenvalue weighted by atomic mass is 9.99. The zero-order valence-corrected chi connectivity index (χ0v) is 10.2. The molecule has 0 aliphatic rings. The molecule has 0 aliphatic heterocycles.